The number of rotatable bonds is 9. The van der Waals surface area contributed by atoms with Gasteiger partial charge in [0.1, 0.15) is 0 Å². The number of nitrogens with zero attached hydrogens (tertiary/aromatic N) is 3. The summed E-state index contributed by atoms with van der Waals surface area (Å²) in [6.45, 7) is 19.2. The summed E-state index contributed by atoms with van der Waals surface area (Å²) in [6.07, 6.45) is 5.35. The number of guanidine groups is 1. The fourth-order valence-electron chi connectivity index (χ4n) is 3.95. The quantitative estimate of drug-likeness (QED) is 0.303. The molecule has 5 nitrogen and oxygen atoms in total. The highest BCUT2D eigenvalue weighted by Crippen LogP contribution is 2.43. The monoisotopic (exact) mass is 479 g/mol. The molecule has 0 aromatic rings. The lowest BCUT2D eigenvalue weighted by Crippen LogP contribution is -2.48. The molecular weight excluding hydrogens is 437 g/mol. The summed E-state index contributed by atoms with van der Waals surface area (Å²) in [5, 5.41) is 7.00. The van der Waals surface area contributed by atoms with Crippen molar-refractivity contribution in [3.63, 3.8) is 0 Å². The van der Waals surface area contributed by atoms with Crippen LogP contribution in [0.25, 0.3) is 0 Å². The van der Waals surface area contributed by atoms with Gasteiger partial charge in [0.25, 0.3) is 0 Å². The average molecular weight is 479 g/mol. The fourth-order valence-corrected chi connectivity index (χ4v) is 3.95. The van der Waals surface area contributed by atoms with Crippen molar-refractivity contribution >= 4 is 29.9 Å². The van der Waals surface area contributed by atoms with Gasteiger partial charge < -0.3 is 20.4 Å². The van der Waals surface area contributed by atoms with E-state index in [0.717, 1.165) is 25.6 Å². The van der Waals surface area contributed by atoms with E-state index >= 15 is 0 Å². The van der Waals surface area contributed by atoms with E-state index in [4.69, 9.17) is 4.99 Å². The van der Waals surface area contributed by atoms with Crippen molar-refractivity contribution in [3.8, 4) is 0 Å². The van der Waals surface area contributed by atoms with Gasteiger partial charge in [-0.1, -0.05) is 27.2 Å². The van der Waals surface area contributed by atoms with Crippen molar-refractivity contribution in [2.24, 2.45) is 16.3 Å². The number of nitrogens with one attached hydrogen (secondary N) is 2. The van der Waals surface area contributed by atoms with E-state index < -0.39 is 0 Å². The number of hydrogen-bond donors (Lipinski definition) is 2. The number of aliphatic imine (C=N–C) groups is 1. The van der Waals surface area contributed by atoms with Gasteiger partial charge >= 0.3 is 0 Å². The van der Waals surface area contributed by atoms with Gasteiger partial charge in [-0.2, -0.15) is 0 Å². The minimum Gasteiger partial charge on any atom is -0.357 e. The summed E-state index contributed by atoms with van der Waals surface area (Å²) in [4.78, 5) is 10.0. The first kappa shape index (κ1) is 24.0. The van der Waals surface area contributed by atoms with Crippen LogP contribution in [0, 0.1) is 11.3 Å². The second-order valence-corrected chi connectivity index (χ2v) is 8.12. The first-order valence-corrected chi connectivity index (χ1v) is 10.6. The molecule has 0 aromatic heterocycles. The maximum Gasteiger partial charge on any atom is 0.191 e. The molecule has 2 fully saturated rings. The molecule has 1 aliphatic carbocycles. The Kier molecular flexibility index (Phi) is 11.4. The highest BCUT2D eigenvalue weighted by atomic mass is 127. The molecule has 1 heterocycles. The van der Waals surface area contributed by atoms with E-state index in [1.54, 1.807) is 0 Å². The lowest BCUT2D eigenvalue weighted by Gasteiger charge is -2.40. The van der Waals surface area contributed by atoms with Gasteiger partial charge in [-0.3, -0.25) is 4.99 Å². The van der Waals surface area contributed by atoms with E-state index in [2.05, 4.69) is 48.1 Å². The Labute approximate surface area is 178 Å². The van der Waals surface area contributed by atoms with Crippen LogP contribution in [-0.4, -0.2) is 74.7 Å². The van der Waals surface area contributed by atoms with Gasteiger partial charge in [-0.05, 0) is 44.1 Å². The number of hydrogen-bond acceptors (Lipinski definition) is 3. The number of halogens is 1. The summed E-state index contributed by atoms with van der Waals surface area (Å²) < 4.78 is 0. The van der Waals surface area contributed by atoms with Crippen molar-refractivity contribution in [2.75, 3.05) is 58.9 Å². The molecule has 2 N–H and O–H groups in total. The van der Waals surface area contributed by atoms with Crippen molar-refractivity contribution in [2.45, 2.75) is 53.4 Å². The predicted octanol–water partition coefficient (Wildman–Crippen LogP) is 3.01. The standard InChI is InChI=1S/C20H41N5.HI/c1-5-20(9-8-10-20)17-23-19(21-6-2)22-15-18(4)16-25-13-11-24(7-3)12-14-25;/h18H,5-17H2,1-4H3,(H2,21,22,23);1H. The van der Waals surface area contributed by atoms with Gasteiger partial charge in [-0.25, -0.2) is 0 Å². The van der Waals surface area contributed by atoms with Crippen LogP contribution in [0.3, 0.4) is 0 Å². The van der Waals surface area contributed by atoms with Crippen LogP contribution in [0.4, 0.5) is 0 Å². The molecule has 6 heteroatoms. The molecule has 1 saturated carbocycles. The molecular formula is C20H42IN5. The normalized spacial score (nSPS) is 22.2. The predicted molar refractivity (Wildman–Crippen MR) is 124 cm³/mol. The van der Waals surface area contributed by atoms with Crippen LogP contribution in [0.15, 0.2) is 4.99 Å². The zero-order valence-electron chi connectivity index (χ0n) is 17.5. The van der Waals surface area contributed by atoms with E-state index in [0.29, 0.717) is 11.3 Å². The third kappa shape index (κ3) is 7.50. The number of likely N-dealkylation sites (N-methyl/N-ethyl adjacent to an activating group) is 1. The molecule has 0 radical (unpaired) electrons. The molecule has 1 atom stereocenters. The molecule has 1 aliphatic heterocycles. The van der Waals surface area contributed by atoms with Crippen molar-refractivity contribution < 1.29 is 0 Å². The third-order valence-electron chi connectivity index (χ3n) is 6.18. The zero-order valence-corrected chi connectivity index (χ0v) is 19.8. The largest absolute Gasteiger partial charge is 0.357 e. The topological polar surface area (TPSA) is 42.9 Å². The Morgan fingerprint density at radius 3 is 2.19 bits per heavy atom. The molecule has 1 unspecified atom stereocenters. The van der Waals surface area contributed by atoms with Crippen LogP contribution in [0.1, 0.15) is 53.4 Å². The summed E-state index contributed by atoms with van der Waals surface area (Å²) in [5.41, 5.74) is 0.493. The summed E-state index contributed by atoms with van der Waals surface area (Å²) >= 11 is 0. The molecule has 2 aliphatic rings. The molecule has 0 spiro atoms. The average Bonchev–Trinajstić information content (AvgIpc) is 2.59. The first-order chi connectivity index (χ1) is 12.1. The Bertz CT molecular complexity index is 397. The van der Waals surface area contributed by atoms with E-state index in [1.807, 2.05) is 0 Å². The van der Waals surface area contributed by atoms with Crippen molar-refractivity contribution in [3.05, 3.63) is 0 Å². The van der Waals surface area contributed by atoms with Crippen LogP contribution < -0.4 is 10.6 Å². The maximum atomic E-state index is 4.89. The Morgan fingerprint density at radius 2 is 1.69 bits per heavy atom. The van der Waals surface area contributed by atoms with Gasteiger partial charge in [0.05, 0.1) is 0 Å². The van der Waals surface area contributed by atoms with E-state index in [-0.39, 0.29) is 24.0 Å². The Hall–Kier alpha value is -0.0800. The lowest BCUT2D eigenvalue weighted by atomic mass is 9.67. The van der Waals surface area contributed by atoms with Gasteiger partial charge in [0, 0.05) is 52.4 Å². The van der Waals surface area contributed by atoms with Crippen LogP contribution in [-0.2, 0) is 0 Å². The summed E-state index contributed by atoms with van der Waals surface area (Å²) in [7, 11) is 0. The van der Waals surface area contributed by atoms with Gasteiger partial charge in [0.15, 0.2) is 5.96 Å². The highest BCUT2D eigenvalue weighted by Gasteiger charge is 2.34. The van der Waals surface area contributed by atoms with E-state index in [9.17, 15) is 0 Å². The first-order valence-electron chi connectivity index (χ1n) is 10.6. The van der Waals surface area contributed by atoms with Gasteiger partial charge in [-0.15, -0.1) is 24.0 Å². The second-order valence-electron chi connectivity index (χ2n) is 8.12. The smallest absolute Gasteiger partial charge is 0.191 e. The number of piperazine rings is 1. The van der Waals surface area contributed by atoms with Gasteiger partial charge in [0.2, 0.25) is 0 Å². The Balaban J connectivity index is 0.00000338. The second kappa shape index (κ2) is 12.4. The molecule has 2 rings (SSSR count). The maximum absolute atomic E-state index is 4.89. The van der Waals surface area contributed by atoms with Crippen LogP contribution in [0.5, 0.6) is 0 Å². The van der Waals surface area contributed by atoms with E-state index in [1.165, 1.54) is 65.0 Å². The molecule has 0 amide bonds. The fraction of sp³-hybridized carbons (Fsp3) is 0.950. The minimum atomic E-state index is 0. The minimum absolute atomic E-state index is 0. The van der Waals surface area contributed by atoms with Crippen LogP contribution in [0.2, 0.25) is 0 Å². The molecule has 26 heavy (non-hydrogen) atoms. The molecule has 154 valence electrons. The highest BCUT2D eigenvalue weighted by molar-refractivity contribution is 14.0. The molecule has 1 saturated heterocycles. The lowest BCUT2D eigenvalue weighted by molar-refractivity contribution is 0.124. The third-order valence-corrected chi connectivity index (χ3v) is 6.18. The molecule has 0 bridgehead atoms. The van der Waals surface area contributed by atoms with Crippen molar-refractivity contribution in [1.29, 1.82) is 0 Å². The Morgan fingerprint density at radius 1 is 1.04 bits per heavy atom. The zero-order chi connectivity index (χ0) is 18.1. The SMILES string of the molecule is CCNC(=NCC1(CC)CCC1)NCC(C)CN1CCN(CC)CC1.I. The summed E-state index contributed by atoms with van der Waals surface area (Å²) in [5.74, 6) is 1.64. The van der Waals surface area contributed by atoms with Crippen molar-refractivity contribution in [1.82, 2.24) is 20.4 Å². The molecule has 0 aromatic carbocycles. The van der Waals surface area contributed by atoms with Crippen LogP contribution >= 0.6 is 24.0 Å². The summed E-state index contributed by atoms with van der Waals surface area (Å²) in [6, 6.07) is 0.